The number of anilines is 2. The van der Waals surface area contributed by atoms with Crippen LogP contribution >= 0.6 is 0 Å². The Morgan fingerprint density at radius 2 is 1.00 bits per heavy atom. The summed E-state index contributed by atoms with van der Waals surface area (Å²) in [5.74, 6) is 6.11. The first-order valence-corrected chi connectivity index (χ1v) is 7.00. The van der Waals surface area contributed by atoms with Crippen molar-refractivity contribution in [1.82, 2.24) is 0 Å². The van der Waals surface area contributed by atoms with Crippen LogP contribution in [0.1, 0.15) is 0 Å². The highest BCUT2D eigenvalue weighted by molar-refractivity contribution is 5.63. The fraction of sp³-hybridized carbons (Fsp3) is 0. The van der Waals surface area contributed by atoms with Gasteiger partial charge in [0.05, 0.1) is 22.7 Å². The molecule has 0 radical (unpaired) electrons. The molecular weight excluding hydrogens is 272 g/mol. The number of hydrogen-bond acceptors (Lipinski definition) is 4. The van der Waals surface area contributed by atoms with E-state index in [9.17, 15) is 0 Å². The minimum absolute atomic E-state index is 0.786. The number of rotatable bonds is 4. The van der Waals surface area contributed by atoms with Crippen molar-refractivity contribution in [2.24, 2.45) is 16.1 Å². The number of para-hydroxylation sites is 1. The average molecular weight is 288 g/mol. The molecule has 0 unspecified atom stereocenters. The first-order chi connectivity index (χ1) is 10.8. The molecule has 4 nitrogen and oxygen atoms in total. The summed E-state index contributed by atoms with van der Waals surface area (Å²) in [5, 5.41) is 10.0. The van der Waals surface area contributed by atoms with Crippen molar-refractivity contribution < 1.29 is 0 Å². The van der Waals surface area contributed by atoms with Gasteiger partial charge in [-0.05, 0) is 48.5 Å². The molecule has 2 N–H and O–H groups in total. The van der Waals surface area contributed by atoms with Crippen LogP contribution < -0.4 is 10.9 Å². The number of nitrogens with two attached hydrogens (primary N) is 1. The quantitative estimate of drug-likeness (QED) is 0.412. The summed E-state index contributed by atoms with van der Waals surface area (Å²) in [5.41, 5.74) is 3.44. The van der Waals surface area contributed by atoms with Gasteiger partial charge in [0.1, 0.15) is 0 Å². The van der Waals surface area contributed by atoms with E-state index in [4.69, 9.17) is 5.84 Å². The Balaban J connectivity index is 1.74. The Hall–Kier alpha value is -2.98. The van der Waals surface area contributed by atoms with Crippen molar-refractivity contribution in [3.8, 4) is 0 Å². The van der Waals surface area contributed by atoms with Crippen LogP contribution in [0.25, 0.3) is 0 Å². The molecule has 0 saturated heterocycles. The van der Waals surface area contributed by atoms with Crippen LogP contribution in [0.3, 0.4) is 0 Å². The molecule has 0 heterocycles. The Labute approximate surface area is 129 Å². The van der Waals surface area contributed by atoms with Crippen LogP contribution in [0, 0.1) is 0 Å². The summed E-state index contributed by atoms with van der Waals surface area (Å²) in [4.78, 5) is 0. The molecule has 0 atom stereocenters. The molecule has 0 spiro atoms. The highest BCUT2D eigenvalue weighted by Gasteiger charge is 2.03. The Bertz CT molecular complexity index is 737. The molecule has 0 aliphatic carbocycles. The maximum Gasteiger partial charge on any atom is 0.0858 e. The number of hydrazine groups is 1. The van der Waals surface area contributed by atoms with E-state index in [0.29, 0.717) is 0 Å². The zero-order chi connectivity index (χ0) is 15.2. The molecule has 3 rings (SSSR count). The third-order valence-corrected chi connectivity index (χ3v) is 3.20. The van der Waals surface area contributed by atoms with E-state index in [-0.39, 0.29) is 0 Å². The van der Waals surface area contributed by atoms with Gasteiger partial charge in [-0.2, -0.15) is 10.2 Å². The number of hydrogen-bond donors (Lipinski definition) is 1. The molecule has 0 amide bonds. The van der Waals surface area contributed by atoms with Crippen LogP contribution in [0.5, 0.6) is 0 Å². The third-order valence-electron chi connectivity index (χ3n) is 3.20. The van der Waals surface area contributed by atoms with Crippen molar-refractivity contribution in [3.63, 3.8) is 0 Å². The van der Waals surface area contributed by atoms with E-state index in [2.05, 4.69) is 10.2 Å². The first kappa shape index (κ1) is 14.0. The predicted octanol–water partition coefficient (Wildman–Crippen LogP) is 5.11. The lowest BCUT2D eigenvalue weighted by molar-refractivity contribution is 1.09. The Kier molecular flexibility index (Phi) is 4.22. The third kappa shape index (κ3) is 3.37. The molecule has 0 aromatic heterocycles. The fourth-order valence-electron chi connectivity index (χ4n) is 2.03. The summed E-state index contributed by atoms with van der Waals surface area (Å²) in [7, 11) is 0. The molecular formula is C18H16N4. The van der Waals surface area contributed by atoms with Crippen LogP contribution in [0.4, 0.5) is 22.7 Å². The van der Waals surface area contributed by atoms with Gasteiger partial charge in [0, 0.05) is 0 Å². The van der Waals surface area contributed by atoms with Crippen LogP contribution in [0.15, 0.2) is 95.2 Å². The van der Waals surface area contributed by atoms with Crippen LogP contribution in [-0.4, -0.2) is 0 Å². The van der Waals surface area contributed by atoms with Crippen LogP contribution in [-0.2, 0) is 0 Å². The largest absolute Gasteiger partial charge is 0.280 e. The number of azo groups is 1. The van der Waals surface area contributed by atoms with E-state index >= 15 is 0 Å². The maximum absolute atomic E-state index is 6.11. The van der Waals surface area contributed by atoms with E-state index < -0.39 is 0 Å². The zero-order valence-corrected chi connectivity index (χ0v) is 12.0. The van der Waals surface area contributed by atoms with E-state index in [1.807, 2.05) is 84.9 Å². The Morgan fingerprint density at radius 3 is 1.59 bits per heavy atom. The minimum Gasteiger partial charge on any atom is -0.280 e. The van der Waals surface area contributed by atoms with Gasteiger partial charge in [0.25, 0.3) is 0 Å². The van der Waals surface area contributed by atoms with E-state index in [1.54, 1.807) is 5.01 Å². The molecule has 0 saturated carbocycles. The molecule has 0 fully saturated rings. The van der Waals surface area contributed by atoms with E-state index in [0.717, 1.165) is 22.7 Å². The summed E-state index contributed by atoms with van der Waals surface area (Å²) in [6, 6.07) is 27.1. The lowest BCUT2D eigenvalue weighted by Gasteiger charge is -2.18. The van der Waals surface area contributed by atoms with Crippen molar-refractivity contribution >= 4 is 22.7 Å². The summed E-state index contributed by atoms with van der Waals surface area (Å²) in [6.07, 6.45) is 0. The standard InChI is InChI=1S/C18H16N4/c19-22(17-9-5-2-6-10-17)18-13-11-16(12-14-18)21-20-15-7-3-1-4-8-15/h1-14H,19H2. The highest BCUT2D eigenvalue weighted by Crippen LogP contribution is 2.25. The SMILES string of the molecule is NN(c1ccccc1)c1ccc(N=Nc2ccccc2)cc1. The fourth-order valence-corrected chi connectivity index (χ4v) is 2.03. The minimum atomic E-state index is 0.786. The molecule has 0 bridgehead atoms. The zero-order valence-electron chi connectivity index (χ0n) is 12.0. The number of nitrogens with zero attached hydrogens (tertiary/aromatic N) is 3. The molecule has 3 aromatic rings. The topological polar surface area (TPSA) is 54.0 Å². The monoisotopic (exact) mass is 288 g/mol. The van der Waals surface area contributed by atoms with E-state index in [1.165, 1.54) is 0 Å². The van der Waals surface area contributed by atoms with Gasteiger partial charge >= 0.3 is 0 Å². The summed E-state index contributed by atoms with van der Waals surface area (Å²) >= 11 is 0. The second-order valence-electron chi connectivity index (χ2n) is 4.76. The molecule has 22 heavy (non-hydrogen) atoms. The second kappa shape index (κ2) is 6.65. The average Bonchev–Trinajstić information content (AvgIpc) is 2.61. The van der Waals surface area contributed by atoms with Crippen molar-refractivity contribution in [1.29, 1.82) is 0 Å². The van der Waals surface area contributed by atoms with Gasteiger partial charge in [0.15, 0.2) is 0 Å². The maximum atomic E-state index is 6.11. The first-order valence-electron chi connectivity index (χ1n) is 7.00. The lowest BCUT2D eigenvalue weighted by Crippen LogP contribution is -2.24. The smallest absolute Gasteiger partial charge is 0.0858 e. The van der Waals surface area contributed by atoms with Gasteiger partial charge in [-0.15, -0.1) is 0 Å². The molecule has 0 aliphatic rings. The van der Waals surface area contributed by atoms with Crippen molar-refractivity contribution in [2.45, 2.75) is 0 Å². The van der Waals surface area contributed by atoms with Gasteiger partial charge < -0.3 is 0 Å². The normalized spacial score (nSPS) is 10.8. The number of benzene rings is 3. The molecule has 4 heteroatoms. The summed E-state index contributed by atoms with van der Waals surface area (Å²) in [6.45, 7) is 0. The molecule has 3 aromatic carbocycles. The lowest BCUT2D eigenvalue weighted by atomic mass is 10.2. The van der Waals surface area contributed by atoms with Crippen molar-refractivity contribution in [3.05, 3.63) is 84.9 Å². The summed E-state index contributed by atoms with van der Waals surface area (Å²) < 4.78 is 0. The molecule has 0 aliphatic heterocycles. The van der Waals surface area contributed by atoms with Gasteiger partial charge in [-0.3, -0.25) is 5.01 Å². The van der Waals surface area contributed by atoms with Crippen LogP contribution in [0.2, 0.25) is 0 Å². The molecule has 108 valence electrons. The van der Waals surface area contributed by atoms with Gasteiger partial charge in [0.2, 0.25) is 0 Å². The highest BCUT2D eigenvalue weighted by atomic mass is 15.4. The second-order valence-corrected chi connectivity index (χ2v) is 4.76. The predicted molar refractivity (Wildman–Crippen MR) is 89.8 cm³/mol. The Morgan fingerprint density at radius 1 is 0.545 bits per heavy atom. The van der Waals surface area contributed by atoms with Crippen molar-refractivity contribution in [2.75, 3.05) is 5.01 Å². The van der Waals surface area contributed by atoms with Gasteiger partial charge in [-0.1, -0.05) is 36.4 Å². The van der Waals surface area contributed by atoms with Gasteiger partial charge in [-0.25, -0.2) is 5.84 Å².